The van der Waals surface area contributed by atoms with Crippen LogP contribution in [0.5, 0.6) is 0 Å². The number of fused-ring (bicyclic) bond motifs is 1. The maximum absolute atomic E-state index is 12.7. The van der Waals surface area contributed by atoms with E-state index in [0.29, 0.717) is 11.8 Å². The molecule has 4 atom stereocenters. The number of nitrogens with zero attached hydrogens (tertiary/aromatic N) is 3. The van der Waals surface area contributed by atoms with Crippen molar-refractivity contribution in [3.63, 3.8) is 0 Å². The first-order chi connectivity index (χ1) is 11.7. The molecular formula is C19H15N3O2. The van der Waals surface area contributed by atoms with E-state index in [4.69, 9.17) is 0 Å². The predicted octanol–water partition coefficient (Wildman–Crippen LogP) is 1.81. The maximum Gasteiger partial charge on any atom is 0.347 e. The number of allylic oxidation sites excluding steroid dienone is 2. The minimum absolute atomic E-state index is 0.0778. The minimum atomic E-state index is -0.215. The highest BCUT2D eigenvalue weighted by Crippen LogP contribution is 2.56. The van der Waals surface area contributed by atoms with Gasteiger partial charge in [0.1, 0.15) is 0 Å². The summed E-state index contributed by atoms with van der Waals surface area (Å²) in [5, 5.41) is 2.36. The van der Waals surface area contributed by atoms with Gasteiger partial charge in [-0.3, -0.25) is 0 Å². The van der Waals surface area contributed by atoms with Crippen molar-refractivity contribution in [1.82, 2.24) is 13.9 Å². The molecular weight excluding hydrogens is 302 g/mol. The zero-order valence-electron chi connectivity index (χ0n) is 13.1. The molecule has 0 unspecified atom stereocenters. The third kappa shape index (κ3) is 1.18. The monoisotopic (exact) mass is 317 g/mol. The average Bonchev–Trinajstić information content (AvgIpc) is 2.79. The lowest BCUT2D eigenvalue weighted by Crippen LogP contribution is -2.53. The molecule has 0 spiro atoms. The van der Waals surface area contributed by atoms with Gasteiger partial charge >= 0.3 is 11.4 Å². The van der Waals surface area contributed by atoms with Crippen LogP contribution in [0.1, 0.15) is 23.2 Å². The van der Waals surface area contributed by atoms with Gasteiger partial charge in [-0.05, 0) is 34.0 Å². The first-order valence-corrected chi connectivity index (χ1v) is 8.28. The van der Waals surface area contributed by atoms with Crippen LogP contribution in [0.15, 0.2) is 58.1 Å². The van der Waals surface area contributed by atoms with Crippen molar-refractivity contribution in [2.24, 2.45) is 18.9 Å². The van der Waals surface area contributed by atoms with Crippen LogP contribution < -0.4 is 11.4 Å². The molecule has 0 saturated carbocycles. The maximum atomic E-state index is 12.7. The highest BCUT2D eigenvalue weighted by atomic mass is 16.2. The van der Waals surface area contributed by atoms with Gasteiger partial charge in [-0.1, -0.05) is 36.4 Å². The number of hydrogen-bond acceptors (Lipinski definition) is 2. The molecule has 2 aliphatic heterocycles. The molecule has 24 heavy (non-hydrogen) atoms. The Labute approximate surface area is 137 Å². The molecule has 0 N–H and O–H groups in total. The molecule has 7 rings (SSSR count). The summed E-state index contributed by atoms with van der Waals surface area (Å²) < 4.78 is 4.61. The van der Waals surface area contributed by atoms with Crippen LogP contribution in [-0.2, 0) is 7.05 Å². The van der Waals surface area contributed by atoms with Gasteiger partial charge in [0.25, 0.3) is 0 Å². The fourth-order valence-corrected chi connectivity index (χ4v) is 4.87. The smallest absolute Gasteiger partial charge is 0.246 e. The molecule has 3 heterocycles. The van der Waals surface area contributed by atoms with Gasteiger partial charge in [0.05, 0.1) is 12.1 Å². The van der Waals surface area contributed by atoms with E-state index in [2.05, 4.69) is 36.4 Å². The SMILES string of the molecule is Cn1c(=O)n2n(c1=O)[C@H]1c3cc4ccccc4cc3[C@H]2[C@@H]2C=C[C@@H]21. The lowest BCUT2D eigenvalue weighted by molar-refractivity contribution is 0.123. The third-order valence-electron chi connectivity index (χ3n) is 6.04. The molecule has 0 saturated heterocycles. The predicted molar refractivity (Wildman–Crippen MR) is 90.3 cm³/mol. The molecule has 0 radical (unpaired) electrons. The average molecular weight is 317 g/mol. The Balaban J connectivity index is 1.77. The van der Waals surface area contributed by atoms with Crippen LogP contribution >= 0.6 is 0 Å². The van der Waals surface area contributed by atoms with Gasteiger partial charge in [0, 0.05) is 18.9 Å². The lowest BCUT2D eigenvalue weighted by atomic mass is 9.62. The molecule has 5 nitrogen and oxygen atoms in total. The second-order valence-electron chi connectivity index (χ2n) is 7.07. The van der Waals surface area contributed by atoms with Crippen molar-refractivity contribution >= 4 is 10.8 Å². The molecule has 2 aliphatic carbocycles. The van der Waals surface area contributed by atoms with Crippen LogP contribution in [0.4, 0.5) is 0 Å². The van der Waals surface area contributed by atoms with E-state index in [1.165, 1.54) is 26.5 Å². The third-order valence-corrected chi connectivity index (χ3v) is 6.04. The van der Waals surface area contributed by atoms with Crippen molar-refractivity contribution in [2.75, 3.05) is 0 Å². The summed E-state index contributed by atoms with van der Waals surface area (Å²) >= 11 is 0. The van der Waals surface area contributed by atoms with Crippen molar-refractivity contribution < 1.29 is 0 Å². The first kappa shape index (κ1) is 12.6. The second kappa shape index (κ2) is 3.80. The molecule has 0 fully saturated rings. The van der Waals surface area contributed by atoms with Gasteiger partial charge in [-0.2, -0.15) is 0 Å². The number of benzene rings is 2. The summed E-state index contributed by atoms with van der Waals surface area (Å²) in [5.74, 6) is 0.617. The standard InChI is InChI=1S/C19H15N3O2/c1-20-18(23)21-16-12-6-7-13(12)17(22(21)19(20)24)15-9-11-5-3-2-4-10(11)8-14(15)16/h2-9,12-13,16-17H,1H3/t12-,13+,16-,17-/m1/s1. The Morgan fingerprint density at radius 1 is 0.792 bits per heavy atom. The topological polar surface area (TPSA) is 48.9 Å². The zero-order valence-corrected chi connectivity index (χ0v) is 13.1. The summed E-state index contributed by atoms with van der Waals surface area (Å²) in [4.78, 5) is 25.3. The van der Waals surface area contributed by atoms with E-state index < -0.39 is 0 Å². The normalized spacial score (nSPS) is 28.4. The number of aromatic nitrogens is 3. The van der Waals surface area contributed by atoms with Crippen molar-refractivity contribution in [2.45, 2.75) is 12.1 Å². The Morgan fingerprint density at radius 2 is 1.25 bits per heavy atom. The zero-order chi connectivity index (χ0) is 16.2. The van der Waals surface area contributed by atoms with E-state index >= 15 is 0 Å². The molecule has 0 amide bonds. The fourth-order valence-electron chi connectivity index (χ4n) is 4.87. The fraction of sp³-hybridized carbons (Fsp3) is 0.263. The molecule has 2 bridgehead atoms. The minimum Gasteiger partial charge on any atom is -0.246 e. The molecule has 2 aromatic carbocycles. The largest absolute Gasteiger partial charge is 0.347 e. The van der Waals surface area contributed by atoms with E-state index in [9.17, 15) is 9.59 Å². The van der Waals surface area contributed by atoms with Gasteiger partial charge < -0.3 is 0 Å². The van der Waals surface area contributed by atoms with Crippen LogP contribution in [-0.4, -0.2) is 13.9 Å². The quantitative estimate of drug-likeness (QED) is 0.594. The Bertz CT molecular complexity index is 1100. The van der Waals surface area contributed by atoms with Crippen molar-refractivity contribution in [3.05, 3.63) is 80.6 Å². The Kier molecular flexibility index (Phi) is 1.99. The summed E-state index contributed by atoms with van der Waals surface area (Å²) in [6.45, 7) is 0. The second-order valence-corrected chi connectivity index (χ2v) is 7.07. The molecule has 4 aliphatic rings. The highest BCUT2D eigenvalue weighted by Gasteiger charge is 2.53. The lowest BCUT2D eigenvalue weighted by Gasteiger charge is -2.52. The van der Waals surface area contributed by atoms with Crippen LogP contribution in [0.2, 0.25) is 0 Å². The summed E-state index contributed by atoms with van der Waals surface area (Å²) in [6, 6.07) is 12.5. The summed E-state index contributed by atoms with van der Waals surface area (Å²) in [6.07, 6.45) is 4.38. The highest BCUT2D eigenvalue weighted by molar-refractivity contribution is 5.84. The van der Waals surface area contributed by atoms with Gasteiger partial charge in [-0.15, -0.1) is 0 Å². The summed E-state index contributed by atoms with van der Waals surface area (Å²) in [5.41, 5.74) is 1.95. The van der Waals surface area contributed by atoms with E-state index in [1.54, 1.807) is 16.4 Å². The summed E-state index contributed by atoms with van der Waals surface area (Å²) in [7, 11) is 1.57. The van der Waals surface area contributed by atoms with Crippen LogP contribution in [0.3, 0.4) is 0 Å². The van der Waals surface area contributed by atoms with Crippen LogP contribution in [0, 0.1) is 11.8 Å². The van der Waals surface area contributed by atoms with E-state index in [1.807, 2.05) is 12.1 Å². The van der Waals surface area contributed by atoms with Gasteiger partial charge in [0.15, 0.2) is 0 Å². The number of hydrogen-bond donors (Lipinski definition) is 0. The van der Waals surface area contributed by atoms with Crippen molar-refractivity contribution in [1.29, 1.82) is 0 Å². The Hall–Kier alpha value is -2.82. The van der Waals surface area contributed by atoms with Gasteiger partial charge in [-0.25, -0.2) is 23.5 Å². The molecule has 5 heteroatoms. The van der Waals surface area contributed by atoms with Crippen LogP contribution in [0.25, 0.3) is 10.8 Å². The molecule has 3 aromatic rings. The Morgan fingerprint density at radius 3 is 1.67 bits per heavy atom. The van der Waals surface area contributed by atoms with Crippen molar-refractivity contribution in [3.8, 4) is 0 Å². The van der Waals surface area contributed by atoms with Gasteiger partial charge in [0.2, 0.25) is 0 Å². The molecule has 1 aromatic heterocycles. The number of rotatable bonds is 0. The van der Waals surface area contributed by atoms with E-state index in [0.717, 1.165) is 0 Å². The molecule has 118 valence electrons. The van der Waals surface area contributed by atoms with E-state index in [-0.39, 0.29) is 23.5 Å². The first-order valence-electron chi connectivity index (χ1n) is 8.28.